The Labute approximate surface area is 183 Å². The lowest BCUT2D eigenvalue weighted by Crippen LogP contribution is -2.48. The van der Waals surface area contributed by atoms with Gasteiger partial charge in [0.2, 0.25) is 0 Å². The van der Waals surface area contributed by atoms with Crippen molar-refractivity contribution in [2.24, 2.45) is 5.73 Å². The lowest BCUT2D eigenvalue weighted by Gasteiger charge is -2.40. The molecule has 2 fully saturated rings. The minimum absolute atomic E-state index is 0.0174. The summed E-state index contributed by atoms with van der Waals surface area (Å²) in [6.45, 7) is 0. The molecule has 3 N–H and O–H groups in total. The van der Waals surface area contributed by atoms with Gasteiger partial charge in [-0.1, -0.05) is 23.8 Å². The van der Waals surface area contributed by atoms with Crippen LogP contribution in [0.25, 0.3) is 6.08 Å². The van der Waals surface area contributed by atoms with Crippen LogP contribution in [0.15, 0.2) is 18.3 Å². The second-order valence-corrected chi connectivity index (χ2v) is 8.58. The van der Waals surface area contributed by atoms with Crippen molar-refractivity contribution in [1.29, 1.82) is 5.26 Å². The summed E-state index contributed by atoms with van der Waals surface area (Å²) >= 11 is 6.08. The van der Waals surface area contributed by atoms with Gasteiger partial charge < -0.3 is 16.0 Å². The van der Waals surface area contributed by atoms with Crippen molar-refractivity contribution in [3.63, 3.8) is 0 Å². The largest absolute Gasteiger partial charge is 0.381 e. The molecule has 5 rings (SSSR count). The van der Waals surface area contributed by atoms with Crippen LogP contribution in [0, 0.1) is 17.1 Å². The number of carbonyl (C=O) groups excluding carboxylic acids is 1. The van der Waals surface area contributed by atoms with Gasteiger partial charge in [0.1, 0.15) is 11.2 Å². The maximum Gasteiger partial charge on any atom is 0.252 e. The molecule has 0 radical (unpaired) electrons. The Morgan fingerprint density at radius 3 is 2.77 bits per heavy atom. The third kappa shape index (κ3) is 3.29. The number of hydrogen-bond acceptors (Lipinski definition) is 6. The zero-order chi connectivity index (χ0) is 21.7. The van der Waals surface area contributed by atoms with Crippen LogP contribution in [0.3, 0.4) is 0 Å². The van der Waals surface area contributed by atoms with Crippen LogP contribution in [-0.2, 0) is 6.42 Å². The van der Waals surface area contributed by atoms with Gasteiger partial charge in [-0.3, -0.25) is 9.78 Å². The van der Waals surface area contributed by atoms with Crippen LogP contribution < -0.4 is 16.0 Å². The molecule has 4 heterocycles. The number of piperidine rings is 1. The number of amides is 1. The first kappa shape index (κ1) is 19.8. The van der Waals surface area contributed by atoms with E-state index in [1.54, 1.807) is 0 Å². The molecule has 2 aliphatic heterocycles. The van der Waals surface area contributed by atoms with Crippen molar-refractivity contribution >= 4 is 35.1 Å². The second kappa shape index (κ2) is 7.50. The highest BCUT2D eigenvalue weighted by molar-refractivity contribution is 6.30. The number of nitriles is 1. The molecule has 1 unspecified atom stereocenters. The summed E-state index contributed by atoms with van der Waals surface area (Å²) in [4.78, 5) is 22.6. The smallest absolute Gasteiger partial charge is 0.252 e. The Balaban J connectivity index is 1.42. The second-order valence-electron chi connectivity index (χ2n) is 8.23. The number of allylic oxidation sites excluding steroid dienone is 1. The van der Waals surface area contributed by atoms with Crippen molar-refractivity contribution in [2.75, 3.05) is 10.2 Å². The molecule has 31 heavy (non-hydrogen) atoms. The van der Waals surface area contributed by atoms with Crippen LogP contribution in [-0.4, -0.2) is 34.0 Å². The predicted octanol–water partition coefficient (Wildman–Crippen LogP) is 3.42. The van der Waals surface area contributed by atoms with Crippen LogP contribution in [0.4, 0.5) is 15.9 Å². The Morgan fingerprint density at radius 1 is 1.35 bits per heavy atom. The molecule has 158 valence electrons. The number of aromatic nitrogens is 2. The third-order valence-electron chi connectivity index (χ3n) is 6.42. The molecule has 0 saturated carbocycles. The lowest BCUT2D eigenvalue weighted by molar-refractivity contribution is 0.100. The maximum atomic E-state index is 14.7. The number of fused-ring (bicyclic) bond motifs is 3. The normalized spacial score (nSPS) is 23.5. The number of nitrogens with one attached hydrogen (secondary N) is 1. The highest BCUT2D eigenvalue weighted by Gasteiger charge is 2.43. The standard InChI is InChI=1S/C22H20ClFN6O/c23-20-11(9-25)6-17(24)22(29-20)30-13-4-5-14(30)8-12(7-13)28-19-15-2-1-3-18(15)27-10-16(19)21(26)31/h1-2,6,10,12-14H,3-5,7-8H2,(H2,26,31)(H,27,28)/t12?,13-,14+. The quantitative estimate of drug-likeness (QED) is 0.708. The van der Waals surface area contributed by atoms with E-state index in [9.17, 15) is 9.18 Å². The zero-order valence-electron chi connectivity index (χ0n) is 16.6. The van der Waals surface area contributed by atoms with E-state index in [1.165, 1.54) is 6.20 Å². The highest BCUT2D eigenvalue weighted by atomic mass is 35.5. The Bertz CT molecular complexity index is 1150. The molecule has 0 aromatic carbocycles. The fraction of sp³-hybridized carbons (Fsp3) is 0.364. The van der Waals surface area contributed by atoms with Gasteiger partial charge in [0.05, 0.1) is 22.5 Å². The van der Waals surface area contributed by atoms with E-state index >= 15 is 0 Å². The highest BCUT2D eigenvalue weighted by Crippen LogP contribution is 2.42. The fourth-order valence-corrected chi connectivity index (χ4v) is 5.28. The van der Waals surface area contributed by atoms with Gasteiger partial charge in [-0.2, -0.15) is 5.26 Å². The molecule has 1 amide bonds. The summed E-state index contributed by atoms with van der Waals surface area (Å²) in [5, 5.41) is 12.6. The van der Waals surface area contributed by atoms with Crippen molar-refractivity contribution in [2.45, 2.75) is 50.2 Å². The van der Waals surface area contributed by atoms with Gasteiger partial charge in [-0.25, -0.2) is 9.37 Å². The predicted molar refractivity (Wildman–Crippen MR) is 115 cm³/mol. The molecule has 2 aromatic heterocycles. The van der Waals surface area contributed by atoms with E-state index in [-0.39, 0.29) is 34.7 Å². The van der Waals surface area contributed by atoms with Gasteiger partial charge in [0.15, 0.2) is 11.6 Å². The number of anilines is 2. The van der Waals surface area contributed by atoms with E-state index < -0.39 is 11.7 Å². The number of rotatable bonds is 4. The Morgan fingerprint density at radius 2 is 2.10 bits per heavy atom. The summed E-state index contributed by atoms with van der Waals surface area (Å²) in [5.74, 6) is -0.838. The van der Waals surface area contributed by atoms with Crippen LogP contribution in [0.2, 0.25) is 5.15 Å². The molecule has 2 aromatic rings. The summed E-state index contributed by atoms with van der Waals surface area (Å²) in [7, 11) is 0. The molecular weight excluding hydrogens is 419 g/mol. The molecule has 2 saturated heterocycles. The van der Waals surface area contributed by atoms with Gasteiger partial charge in [0, 0.05) is 36.3 Å². The maximum absolute atomic E-state index is 14.7. The van der Waals surface area contributed by atoms with Crippen molar-refractivity contribution in [3.05, 3.63) is 51.7 Å². The fourth-order valence-electron chi connectivity index (χ4n) is 5.10. The van der Waals surface area contributed by atoms with Crippen molar-refractivity contribution < 1.29 is 9.18 Å². The molecule has 0 spiro atoms. The van der Waals surface area contributed by atoms with E-state index in [0.29, 0.717) is 5.56 Å². The average molecular weight is 439 g/mol. The summed E-state index contributed by atoms with van der Waals surface area (Å²) in [6, 6.07) is 3.29. The minimum atomic E-state index is -0.530. The van der Waals surface area contributed by atoms with Crippen LogP contribution in [0.1, 0.15) is 52.9 Å². The van der Waals surface area contributed by atoms with Crippen molar-refractivity contribution in [3.8, 4) is 6.07 Å². The first-order valence-corrected chi connectivity index (χ1v) is 10.6. The average Bonchev–Trinajstić information content (AvgIpc) is 3.32. The topological polar surface area (TPSA) is 108 Å². The lowest BCUT2D eigenvalue weighted by atomic mass is 9.95. The Kier molecular flexibility index (Phi) is 4.78. The molecule has 9 heteroatoms. The van der Waals surface area contributed by atoms with E-state index in [2.05, 4.69) is 15.3 Å². The minimum Gasteiger partial charge on any atom is -0.381 e. The number of primary amides is 1. The number of halogens is 2. The van der Waals surface area contributed by atoms with E-state index in [4.69, 9.17) is 22.6 Å². The molecule has 3 aliphatic rings. The van der Waals surface area contributed by atoms with Crippen molar-refractivity contribution in [1.82, 2.24) is 9.97 Å². The van der Waals surface area contributed by atoms with E-state index in [0.717, 1.165) is 55.1 Å². The van der Waals surface area contributed by atoms with Gasteiger partial charge in [-0.15, -0.1) is 0 Å². The zero-order valence-corrected chi connectivity index (χ0v) is 17.4. The summed E-state index contributed by atoms with van der Waals surface area (Å²) in [5.41, 5.74) is 8.58. The van der Waals surface area contributed by atoms with Gasteiger partial charge in [0.25, 0.3) is 5.91 Å². The summed E-state index contributed by atoms with van der Waals surface area (Å²) < 4.78 is 14.7. The number of pyridine rings is 2. The van der Waals surface area contributed by atoms with Crippen LogP contribution >= 0.6 is 11.6 Å². The molecule has 3 atom stereocenters. The first-order valence-electron chi connectivity index (χ1n) is 10.3. The molecular formula is C22H20ClFN6O. The van der Waals surface area contributed by atoms with E-state index in [1.807, 2.05) is 23.1 Å². The molecule has 2 bridgehead atoms. The number of hydrogen-bond donors (Lipinski definition) is 2. The molecule has 1 aliphatic carbocycles. The number of nitrogens with zero attached hydrogens (tertiary/aromatic N) is 4. The van der Waals surface area contributed by atoms with Crippen LogP contribution in [0.5, 0.6) is 0 Å². The van der Waals surface area contributed by atoms with Gasteiger partial charge >= 0.3 is 0 Å². The third-order valence-corrected chi connectivity index (χ3v) is 6.71. The Hall–Kier alpha value is -3.18. The monoisotopic (exact) mass is 438 g/mol. The SMILES string of the molecule is N#Cc1cc(F)c(N2[C@@H]3CC[C@H]2CC(Nc2c(C(N)=O)cnc4c2C=CC4)C3)nc1Cl. The molecule has 7 nitrogen and oxygen atoms in total. The first-order chi connectivity index (χ1) is 15.0. The number of nitrogens with two attached hydrogens (primary N) is 1. The summed E-state index contributed by atoms with van der Waals surface area (Å²) in [6.07, 6.45) is 9.61. The number of carbonyl (C=O) groups is 1. The van der Waals surface area contributed by atoms with Gasteiger partial charge in [-0.05, 0) is 31.7 Å².